The van der Waals surface area contributed by atoms with Gasteiger partial charge in [-0.2, -0.15) is 0 Å². The highest BCUT2D eigenvalue weighted by molar-refractivity contribution is 9.10. The number of oxime groups is 1. The molecular formula is C40H35BrN2O4S. The van der Waals surface area contributed by atoms with Gasteiger partial charge in [0.05, 0.1) is 0 Å². The molecule has 0 amide bonds. The molecule has 48 heavy (non-hydrogen) atoms. The van der Waals surface area contributed by atoms with Crippen LogP contribution in [0.1, 0.15) is 52.1 Å². The van der Waals surface area contributed by atoms with E-state index in [-0.39, 0.29) is 17.3 Å². The molecule has 0 fully saturated rings. The van der Waals surface area contributed by atoms with Crippen LogP contribution in [-0.2, 0) is 9.63 Å². The first-order valence-electron chi connectivity index (χ1n) is 15.6. The predicted molar refractivity (Wildman–Crippen MR) is 199 cm³/mol. The van der Waals surface area contributed by atoms with Crippen LogP contribution in [0.15, 0.2) is 136 Å². The van der Waals surface area contributed by atoms with Gasteiger partial charge in [-0.1, -0.05) is 75.7 Å². The second kappa shape index (κ2) is 16.4. The van der Waals surface area contributed by atoms with Gasteiger partial charge in [0, 0.05) is 63.1 Å². The van der Waals surface area contributed by atoms with Crippen LogP contribution < -0.4 is 4.90 Å². The molecule has 0 heterocycles. The van der Waals surface area contributed by atoms with Crippen molar-refractivity contribution in [3.8, 4) is 11.1 Å². The number of thioether (sulfide) groups is 1. The molecule has 0 radical (unpaired) electrons. The lowest BCUT2D eigenvalue weighted by atomic mass is 9.99. The minimum absolute atomic E-state index is 0.0373. The summed E-state index contributed by atoms with van der Waals surface area (Å²) in [4.78, 5) is 46.4. The number of carbonyl (C=O) groups excluding carboxylic acids is 3. The topological polar surface area (TPSA) is 76.0 Å². The number of anilines is 2. The molecule has 0 atom stereocenters. The summed E-state index contributed by atoms with van der Waals surface area (Å²) in [7, 11) is 0. The molecular weight excluding hydrogens is 684 g/mol. The molecule has 0 spiro atoms. The van der Waals surface area contributed by atoms with Crippen LogP contribution in [0, 0.1) is 6.92 Å². The van der Waals surface area contributed by atoms with Crippen LogP contribution in [0.25, 0.3) is 11.1 Å². The maximum atomic E-state index is 13.5. The van der Waals surface area contributed by atoms with E-state index in [4.69, 9.17) is 4.84 Å². The molecule has 0 unspecified atom stereocenters. The third kappa shape index (κ3) is 8.76. The lowest BCUT2D eigenvalue weighted by Gasteiger charge is -2.25. The summed E-state index contributed by atoms with van der Waals surface area (Å²) in [5, 5.41) is 3.92. The number of nitrogens with zero attached hydrogens (tertiary/aromatic N) is 2. The van der Waals surface area contributed by atoms with Gasteiger partial charge < -0.3 is 9.74 Å². The van der Waals surface area contributed by atoms with Gasteiger partial charge in [0.1, 0.15) is 5.71 Å². The maximum absolute atomic E-state index is 13.5. The van der Waals surface area contributed by atoms with Gasteiger partial charge in [0.15, 0.2) is 5.78 Å². The van der Waals surface area contributed by atoms with Crippen LogP contribution in [0.3, 0.4) is 0 Å². The highest BCUT2D eigenvalue weighted by atomic mass is 79.9. The molecule has 8 heteroatoms. The number of Topliss-reactive ketones (excluding diaryl/α,β-unsaturated/α-hetero) is 1. The molecule has 6 nitrogen and oxygen atoms in total. The Morgan fingerprint density at radius 2 is 1.38 bits per heavy atom. The minimum Gasteiger partial charge on any atom is -0.342 e. The summed E-state index contributed by atoms with van der Waals surface area (Å²) in [6.07, 6.45) is 0.330. The second-order valence-corrected chi connectivity index (χ2v) is 13.2. The Balaban J connectivity index is 1.28. The maximum Gasteiger partial charge on any atom is 0.331 e. The summed E-state index contributed by atoms with van der Waals surface area (Å²) in [5.41, 5.74) is 6.83. The Morgan fingerprint density at radius 3 is 1.98 bits per heavy atom. The van der Waals surface area contributed by atoms with Crippen molar-refractivity contribution in [2.24, 2.45) is 5.16 Å². The van der Waals surface area contributed by atoms with Crippen LogP contribution in [0.4, 0.5) is 11.4 Å². The van der Waals surface area contributed by atoms with Crippen LogP contribution in [0.2, 0.25) is 0 Å². The smallest absolute Gasteiger partial charge is 0.331 e. The fourth-order valence-electron chi connectivity index (χ4n) is 5.28. The molecule has 0 aliphatic rings. The normalized spacial score (nSPS) is 11.2. The molecule has 5 aromatic carbocycles. The fraction of sp³-hybridized carbons (Fsp3) is 0.150. The highest BCUT2D eigenvalue weighted by Crippen LogP contribution is 2.30. The van der Waals surface area contributed by atoms with Crippen molar-refractivity contribution < 1.29 is 19.2 Å². The Labute approximate surface area is 294 Å². The number of hydrogen-bond donors (Lipinski definition) is 0. The van der Waals surface area contributed by atoms with E-state index in [0.29, 0.717) is 35.4 Å². The zero-order chi connectivity index (χ0) is 34.0. The largest absolute Gasteiger partial charge is 0.342 e. The van der Waals surface area contributed by atoms with Gasteiger partial charge in [0.2, 0.25) is 5.78 Å². The molecule has 242 valence electrons. The second-order valence-electron chi connectivity index (χ2n) is 11.1. The van der Waals surface area contributed by atoms with Gasteiger partial charge in [-0.15, -0.1) is 11.8 Å². The lowest BCUT2D eigenvalue weighted by molar-refractivity contribution is -0.140. The first-order chi connectivity index (χ1) is 23.2. The molecule has 0 saturated carbocycles. The van der Waals surface area contributed by atoms with Crippen molar-refractivity contribution in [1.29, 1.82) is 0 Å². The zero-order valence-corrected chi connectivity index (χ0v) is 29.4. The summed E-state index contributed by atoms with van der Waals surface area (Å²) in [6, 6.07) is 38.8. The quantitative estimate of drug-likeness (QED) is 0.0397. The predicted octanol–water partition coefficient (Wildman–Crippen LogP) is 10.1. The summed E-state index contributed by atoms with van der Waals surface area (Å²) in [6.45, 7) is 5.94. The van der Waals surface area contributed by atoms with E-state index in [0.717, 1.165) is 37.4 Å². The average molecular weight is 720 g/mol. The number of aryl methyl sites for hydroxylation is 1. The van der Waals surface area contributed by atoms with Crippen molar-refractivity contribution in [3.05, 3.63) is 148 Å². The van der Waals surface area contributed by atoms with E-state index < -0.39 is 5.97 Å². The van der Waals surface area contributed by atoms with Crippen molar-refractivity contribution in [2.75, 3.05) is 17.2 Å². The third-order valence-electron chi connectivity index (χ3n) is 7.73. The SMILES string of the molecule is CCN(c1ccc(C(=O)c2ccc(-c3ccccc3)cc2)cc1)c1ccc(C(=O)/C(CCSc2ccc(Br)cc2)=N/OC(C)=O)cc1C. The zero-order valence-electron chi connectivity index (χ0n) is 27.0. The lowest BCUT2D eigenvalue weighted by Crippen LogP contribution is -2.19. The average Bonchev–Trinajstić information content (AvgIpc) is 3.11. The highest BCUT2D eigenvalue weighted by Gasteiger charge is 2.19. The number of rotatable bonds is 13. The van der Waals surface area contributed by atoms with Gasteiger partial charge in [0.25, 0.3) is 0 Å². The van der Waals surface area contributed by atoms with Gasteiger partial charge >= 0.3 is 5.97 Å². The Morgan fingerprint density at radius 1 is 0.771 bits per heavy atom. The van der Waals surface area contributed by atoms with Gasteiger partial charge in [-0.3, -0.25) is 9.59 Å². The molecule has 5 aromatic rings. The number of ketones is 2. The third-order valence-corrected chi connectivity index (χ3v) is 9.27. The van der Waals surface area contributed by atoms with E-state index >= 15 is 0 Å². The van der Waals surface area contributed by atoms with Crippen molar-refractivity contribution in [2.45, 2.75) is 32.1 Å². The molecule has 0 aliphatic heterocycles. The summed E-state index contributed by atoms with van der Waals surface area (Å²) in [5.74, 6) is -0.319. The first-order valence-corrected chi connectivity index (χ1v) is 17.4. The molecule has 0 bridgehead atoms. The minimum atomic E-state index is -0.584. The van der Waals surface area contributed by atoms with E-state index in [1.165, 1.54) is 6.92 Å². The van der Waals surface area contributed by atoms with Crippen LogP contribution in [0.5, 0.6) is 0 Å². The molecule has 0 aliphatic carbocycles. The van der Waals surface area contributed by atoms with E-state index in [2.05, 4.69) is 32.9 Å². The molecule has 0 saturated heterocycles. The van der Waals surface area contributed by atoms with E-state index in [1.807, 2.05) is 122 Å². The van der Waals surface area contributed by atoms with Crippen LogP contribution >= 0.6 is 27.7 Å². The summed E-state index contributed by atoms with van der Waals surface area (Å²) < 4.78 is 0.993. The Kier molecular flexibility index (Phi) is 11.8. The van der Waals surface area contributed by atoms with E-state index in [9.17, 15) is 14.4 Å². The number of halogens is 1. The number of benzene rings is 5. The van der Waals surface area contributed by atoms with Gasteiger partial charge in [-0.05, 0) is 97.3 Å². The standard InChI is InChI=1S/C40H35BrN2O4S/c1-4-43(35-19-14-32(15-20-35)39(45)31-12-10-30(11-13-31)29-8-6-5-7-9-29)38-23-16-33(26-27(38)2)40(46)37(42-47-28(3)44)24-25-48-36-21-17-34(41)18-22-36/h5-23,26H,4,24-25H2,1-3H3/b42-37+. The molecule has 0 aromatic heterocycles. The van der Waals surface area contributed by atoms with Crippen LogP contribution in [-0.4, -0.2) is 35.5 Å². The Bertz CT molecular complexity index is 1920. The van der Waals surface area contributed by atoms with E-state index in [1.54, 1.807) is 17.8 Å². The first kappa shape index (κ1) is 34.5. The summed E-state index contributed by atoms with van der Waals surface area (Å²) >= 11 is 5.03. The van der Waals surface area contributed by atoms with Gasteiger partial charge in [-0.25, -0.2) is 4.79 Å². The van der Waals surface area contributed by atoms with Crippen molar-refractivity contribution >= 4 is 62.3 Å². The molecule has 5 rings (SSSR count). The fourth-order valence-corrected chi connectivity index (χ4v) is 6.40. The number of carbonyl (C=O) groups is 3. The monoisotopic (exact) mass is 718 g/mol. The molecule has 0 N–H and O–H groups in total. The Hall–Kier alpha value is -4.79. The number of hydrogen-bond acceptors (Lipinski definition) is 7. The van der Waals surface area contributed by atoms with Crippen molar-refractivity contribution in [3.63, 3.8) is 0 Å². The van der Waals surface area contributed by atoms with Crippen molar-refractivity contribution in [1.82, 2.24) is 0 Å².